The molecule has 0 aliphatic carbocycles. The molecule has 21 heavy (non-hydrogen) atoms. The van der Waals surface area contributed by atoms with Gasteiger partial charge in [0.2, 0.25) is 0 Å². The van der Waals surface area contributed by atoms with Crippen molar-refractivity contribution in [3.05, 3.63) is 42.0 Å². The van der Waals surface area contributed by atoms with Crippen molar-refractivity contribution in [2.45, 2.75) is 6.42 Å². The van der Waals surface area contributed by atoms with E-state index in [1.807, 2.05) is 24.3 Å². The molecule has 5 heteroatoms. The maximum atomic E-state index is 12.1. The molecule has 0 saturated heterocycles. The Hall–Kier alpha value is -1.78. The number of fused-ring (bicyclic) bond motifs is 1. The normalized spacial score (nSPS) is 10.7. The Morgan fingerprint density at radius 3 is 2.81 bits per heavy atom. The highest BCUT2D eigenvalue weighted by atomic mass is 35.5. The van der Waals surface area contributed by atoms with Gasteiger partial charge in [0.15, 0.2) is 0 Å². The number of hydrogen-bond acceptors (Lipinski definition) is 3. The molecule has 2 aromatic carbocycles. The van der Waals surface area contributed by atoms with Crippen LogP contribution < -0.4 is 5.32 Å². The standard InChI is InChI=1S/C16H18ClNO3/c17-8-11-21-10-3-9-18-16(20)14-7-6-12-4-1-2-5-13(12)15(14)19/h1-2,4-7,19H,3,8-11H2,(H,18,20). The molecule has 0 atom stereocenters. The smallest absolute Gasteiger partial charge is 0.255 e. The van der Waals surface area contributed by atoms with Gasteiger partial charge in [-0.05, 0) is 17.9 Å². The van der Waals surface area contributed by atoms with E-state index in [0.717, 1.165) is 5.39 Å². The molecule has 0 aliphatic rings. The van der Waals surface area contributed by atoms with Crippen molar-refractivity contribution in [2.24, 2.45) is 0 Å². The number of ether oxygens (including phenoxy) is 1. The fraction of sp³-hybridized carbons (Fsp3) is 0.312. The molecule has 2 aromatic rings. The molecule has 0 saturated carbocycles. The number of halogens is 1. The van der Waals surface area contributed by atoms with Crippen LogP contribution in [0.3, 0.4) is 0 Å². The van der Waals surface area contributed by atoms with Crippen molar-refractivity contribution < 1.29 is 14.6 Å². The highest BCUT2D eigenvalue weighted by molar-refractivity contribution is 6.17. The van der Waals surface area contributed by atoms with Gasteiger partial charge in [0, 0.05) is 24.4 Å². The van der Waals surface area contributed by atoms with Gasteiger partial charge in [0.05, 0.1) is 12.2 Å². The summed E-state index contributed by atoms with van der Waals surface area (Å²) in [5, 5.41) is 14.5. The molecular weight excluding hydrogens is 290 g/mol. The Labute approximate surface area is 128 Å². The van der Waals surface area contributed by atoms with E-state index in [-0.39, 0.29) is 17.2 Å². The summed E-state index contributed by atoms with van der Waals surface area (Å²) in [6.45, 7) is 1.56. The van der Waals surface area contributed by atoms with Crippen LogP contribution in [-0.2, 0) is 4.74 Å². The first-order chi connectivity index (χ1) is 10.2. The van der Waals surface area contributed by atoms with E-state index in [1.165, 1.54) is 0 Å². The number of carbonyl (C=O) groups excluding carboxylic acids is 1. The third-order valence-electron chi connectivity index (χ3n) is 3.12. The SMILES string of the molecule is O=C(NCCCOCCCl)c1ccc2ccccc2c1O. The van der Waals surface area contributed by atoms with Crippen LogP contribution in [0.4, 0.5) is 0 Å². The number of carbonyl (C=O) groups is 1. The maximum Gasteiger partial charge on any atom is 0.255 e. The quantitative estimate of drug-likeness (QED) is 0.611. The van der Waals surface area contributed by atoms with Gasteiger partial charge in [0.25, 0.3) is 5.91 Å². The van der Waals surface area contributed by atoms with Crippen LogP contribution in [0.1, 0.15) is 16.8 Å². The second-order valence-electron chi connectivity index (χ2n) is 4.59. The average molecular weight is 308 g/mol. The molecule has 0 bridgehead atoms. The molecule has 0 heterocycles. The van der Waals surface area contributed by atoms with Crippen molar-refractivity contribution in [1.82, 2.24) is 5.32 Å². The Morgan fingerprint density at radius 2 is 2.00 bits per heavy atom. The van der Waals surface area contributed by atoms with Crippen LogP contribution in [0.15, 0.2) is 36.4 Å². The van der Waals surface area contributed by atoms with Gasteiger partial charge in [0.1, 0.15) is 5.75 Å². The summed E-state index contributed by atoms with van der Waals surface area (Å²) in [7, 11) is 0. The molecule has 0 aliphatic heterocycles. The first kappa shape index (κ1) is 15.6. The predicted molar refractivity (Wildman–Crippen MR) is 84.1 cm³/mol. The number of phenols is 1. The summed E-state index contributed by atoms with van der Waals surface area (Å²) in [5.41, 5.74) is 0.287. The lowest BCUT2D eigenvalue weighted by Gasteiger charge is -2.09. The number of amides is 1. The fourth-order valence-corrected chi connectivity index (χ4v) is 2.18. The second-order valence-corrected chi connectivity index (χ2v) is 4.97. The molecule has 0 unspecified atom stereocenters. The average Bonchev–Trinajstić information content (AvgIpc) is 2.51. The van der Waals surface area contributed by atoms with Crippen LogP contribution >= 0.6 is 11.6 Å². The number of benzene rings is 2. The maximum absolute atomic E-state index is 12.1. The summed E-state index contributed by atoms with van der Waals surface area (Å²) in [4.78, 5) is 12.1. The zero-order valence-electron chi connectivity index (χ0n) is 11.6. The Bertz CT molecular complexity index is 615. The van der Waals surface area contributed by atoms with Crippen LogP contribution in [0.5, 0.6) is 5.75 Å². The number of phenolic OH excluding ortho intramolecular Hbond substituents is 1. The molecule has 0 aromatic heterocycles. The summed E-state index contributed by atoms with van der Waals surface area (Å²) in [6, 6.07) is 10.9. The predicted octanol–water partition coefficient (Wildman–Crippen LogP) is 2.92. The number of alkyl halides is 1. The first-order valence-corrected chi connectivity index (χ1v) is 7.40. The molecule has 4 nitrogen and oxygen atoms in total. The third kappa shape index (κ3) is 4.09. The molecule has 1 amide bonds. The van der Waals surface area contributed by atoms with Crippen molar-refractivity contribution in [1.29, 1.82) is 0 Å². The van der Waals surface area contributed by atoms with Crippen LogP contribution in [-0.4, -0.2) is 36.7 Å². The number of hydrogen-bond donors (Lipinski definition) is 2. The monoisotopic (exact) mass is 307 g/mol. The molecular formula is C16H18ClNO3. The lowest BCUT2D eigenvalue weighted by molar-refractivity contribution is 0.0942. The number of aromatic hydroxyl groups is 1. The lowest BCUT2D eigenvalue weighted by atomic mass is 10.0. The van der Waals surface area contributed by atoms with E-state index >= 15 is 0 Å². The molecule has 0 radical (unpaired) electrons. The van der Waals surface area contributed by atoms with Gasteiger partial charge in [-0.3, -0.25) is 4.79 Å². The van der Waals surface area contributed by atoms with E-state index < -0.39 is 0 Å². The third-order valence-corrected chi connectivity index (χ3v) is 3.27. The molecule has 2 N–H and O–H groups in total. The van der Waals surface area contributed by atoms with Crippen LogP contribution in [0.2, 0.25) is 0 Å². The zero-order chi connectivity index (χ0) is 15.1. The first-order valence-electron chi connectivity index (χ1n) is 6.86. The van der Waals surface area contributed by atoms with Crippen molar-refractivity contribution in [3.8, 4) is 5.75 Å². The summed E-state index contributed by atoms with van der Waals surface area (Å²) in [6.07, 6.45) is 0.705. The van der Waals surface area contributed by atoms with Gasteiger partial charge in [-0.1, -0.05) is 30.3 Å². The molecule has 2 rings (SSSR count). The highest BCUT2D eigenvalue weighted by Crippen LogP contribution is 2.28. The van der Waals surface area contributed by atoms with Crippen molar-refractivity contribution in [2.75, 3.05) is 25.6 Å². The Balaban J connectivity index is 1.95. The largest absolute Gasteiger partial charge is 0.506 e. The minimum Gasteiger partial charge on any atom is -0.506 e. The van der Waals surface area contributed by atoms with E-state index in [0.29, 0.717) is 37.4 Å². The zero-order valence-corrected chi connectivity index (χ0v) is 12.4. The van der Waals surface area contributed by atoms with Crippen molar-refractivity contribution >= 4 is 28.3 Å². The molecule has 0 spiro atoms. The van der Waals surface area contributed by atoms with E-state index in [1.54, 1.807) is 12.1 Å². The topological polar surface area (TPSA) is 58.6 Å². The molecule has 0 fully saturated rings. The van der Waals surface area contributed by atoms with Gasteiger partial charge in [-0.2, -0.15) is 0 Å². The minimum atomic E-state index is -0.282. The number of rotatable bonds is 7. The summed E-state index contributed by atoms with van der Waals surface area (Å²) < 4.78 is 5.22. The van der Waals surface area contributed by atoms with E-state index in [2.05, 4.69) is 5.32 Å². The van der Waals surface area contributed by atoms with Gasteiger partial charge in [-0.15, -0.1) is 11.6 Å². The van der Waals surface area contributed by atoms with Crippen LogP contribution in [0.25, 0.3) is 10.8 Å². The van der Waals surface area contributed by atoms with E-state index in [4.69, 9.17) is 16.3 Å². The summed E-state index contributed by atoms with van der Waals surface area (Å²) in [5.74, 6) is 0.205. The van der Waals surface area contributed by atoms with Gasteiger partial charge >= 0.3 is 0 Å². The molecule has 112 valence electrons. The lowest BCUT2D eigenvalue weighted by Crippen LogP contribution is -2.25. The second kappa shape index (κ2) is 7.86. The van der Waals surface area contributed by atoms with Gasteiger partial charge < -0.3 is 15.2 Å². The Kier molecular flexibility index (Phi) is 5.84. The van der Waals surface area contributed by atoms with Crippen molar-refractivity contribution in [3.63, 3.8) is 0 Å². The van der Waals surface area contributed by atoms with Crippen LogP contribution in [0, 0.1) is 0 Å². The summed E-state index contributed by atoms with van der Waals surface area (Å²) >= 11 is 5.49. The minimum absolute atomic E-state index is 0.0176. The fourth-order valence-electron chi connectivity index (χ4n) is 2.07. The number of nitrogens with one attached hydrogen (secondary N) is 1. The van der Waals surface area contributed by atoms with Gasteiger partial charge in [-0.25, -0.2) is 0 Å². The van der Waals surface area contributed by atoms with E-state index in [9.17, 15) is 9.90 Å². The Morgan fingerprint density at radius 1 is 1.19 bits per heavy atom. The highest BCUT2D eigenvalue weighted by Gasteiger charge is 2.12.